The Hall–Kier alpha value is -2.62. The third kappa shape index (κ3) is 3.45. The smallest absolute Gasteiger partial charge is 0.0392 e. The van der Waals surface area contributed by atoms with Gasteiger partial charge in [-0.3, -0.25) is 0 Å². The standard InChI is InChI=1S/C16H20N4/c1-11-4-5-14(18)10-16(11)20-8-2-3-12-9-13(17)6-7-15(12)19/h2-7,9-10,20H,8,17-19H2,1H3. The van der Waals surface area contributed by atoms with Crippen molar-refractivity contribution in [3.05, 3.63) is 53.6 Å². The highest BCUT2D eigenvalue weighted by Gasteiger charge is 1.97. The maximum atomic E-state index is 5.88. The number of nitrogens with one attached hydrogen (secondary N) is 1. The van der Waals surface area contributed by atoms with Crippen LogP contribution >= 0.6 is 0 Å². The highest BCUT2D eigenvalue weighted by Crippen LogP contribution is 2.19. The number of nitrogen functional groups attached to an aromatic ring is 3. The van der Waals surface area contributed by atoms with Gasteiger partial charge in [0, 0.05) is 29.3 Å². The van der Waals surface area contributed by atoms with Crippen molar-refractivity contribution in [3.8, 4) is 0 Å². The summed E-state index contributed by atoms with van der Waals surface area (Å²) in [7, 11) is 0. The summed E-state index contributed by atoms with van der Waals surface area (Å²) in [5.74, 6) is 0. The summed E-state index contributed by atoms with van der Waals surface area (Å²) in [6.07, 6.45) is 3.97. The second-order valence-corrected chi connectivity index (χ2v) is 4.75. The van der Waals surface area contributed by atoms with Crippen molar-refractivity contribution in [3.63, 3.8) is 0 Å². The molecule has 0 aliphatic heterocycles. The molecule has 104 valence electrons. The Bertz CT molecular complexity index is 632. The number of anilines is 4. The summed E-state index contributed by atoms with van der Waals surface area (Å²) in [6, 6.07) is 11.3. The molecule has 0 unspecified atom stereocenters. The summed E-state index contributed by atoms with van der Waals surface area (Å²) >= 11 is 0. The average molecular weight is 268 g/mol. The minimum atomic E-state index is 0.693. The van der Waals surface area contributed by atoms with Crippen LogP contribution in [0.2, 0.25) is 0 Å². The summed E-state index contributed by atoms with van der Waals surface area (Å²) in [5.41, 5.74) is 22.7. The molecule has 0 aliphatic carbocycles. The zero-order valence-electron chi connectivity index (χ0n) is 11.6. The summed E-state index contributed by atoms with van der Waals surface area (Å²) in [6.45, 7) is 2.74. The molecule has 0 saturated heterocycles. The van der Waals surface area contributed by atoms with Crippen LogP contribution in [0.5, 0.6) is 0 Å². The summed E-state index contributed by atoms with van der Waals surface area (Å²) in [4.78, 5) is 0. The van der Waals surface area contributed by atoms with Gasteiger partial charge in [-0.05, 0) is 48.4 Å². The quantitative estimate of drug-likeness (QED) is 0.642. The van der Waals surface area contributed by atoms with Crippen LogP contribution in [0.4, 0.5) is 22.7 Å². The van der Waals surface area contributed by atoms with Crippen LogP contribution in [0, 0.1) is 6.92 Å². The molecule has 4 nitrogen and oxygen atoms in total. The maximum Gasteiger partial charge on any atom is 0.0392 e. The van der Waals surface area contributed by atoms with Gasteiger partial charge in [0.2, 0.25) is 0 Å². The molecular weight excluding hydrogens is 248 g/mol. The fourth-order valence-corrected chi connectivity index (χ4v) is 1.92. The zero-order chi connectivity index (χ0) is 14.5. The fourth-order valence-electron chi connectivity index (χ4n) is 1.92. The van der Waals surface area contributed by atoms with Crippen molar-refractivity contribution in [2.45, 2.75) is 6.92 Å². The molecule has 20 heavy (non-hydrogen) atoms. The first-order valence-corrected chi connectivity index (χ1v) is 6.48. The Kier molecular flexibility index (Phi) is 4.15. The maximum absolute atomic E-state index is 5.88. The highest BCUT2D eigenvalue weighted by atomic mass is 14.9. The monoisotopic (exact) mass is 268 g/mol. The first-order valence-electron chi connectivity index (χ1n) is 6.48. The summed E-state index contributed by atoms with van der Waals surface area (Å²) in [5, 5.41) is 3.32. The second kappa shape index (κ2) is 6.02. The van der Waals surface area contributed by atoms with E-state index in [0.717, 1.165) is 28.2 Å². The van der Waals surface area contributed by atoms with E-state index in [1.165, 1.54) is 0 Å². The molecule has 0 saturated carbocycles. The van der Waals surface area contributed by atoms with E-state index < -0.39 is 0 Å². The Morgan fingerprint density at radius 2 is 1.70 bits per heavy atom. The number of benzene rings is 2. The lowest BCUT2D eigenvalue weighted by atomic mass is 10.1. The van der Waals surface area contributed by atoms with Gasteiger partial charge in [0.25, 0.3) is 0 Å². The minimum Gasteiger partial charge on any atom is -0.399 e. The first kappa shape index (κ1) is 13.8. The molecule has 0 aliphatic rings. The first-order chi connectivity index (χ1) is 9.56. The number of hydrogen-bond donors (Lipinski definition) is 4. The van der Waals surface area contributed by atoms with E-state index in [2.05, 4.69) is 5.32 Å². The van der Waals surface area contributed by atoms with E-state index in [1.54, 1.807) is 6.07 Å². The molecule has 0 fully saturated rings. The Morgan fingerprint density at radius 3 is 2.50 bits per heavy atom. The number of nitrogens with two attached hydrogens (primary N) is 3. The van der Waals surface area contributed by atoms with Gasteiger partial charge in [-0.25, -0.2) is 0 Å². The van der Waals surface area contributed by atoms with Gasteiger partial charge in [0.1, 0.15) is 0 Å². The molecule has 2 aromatic carbocycles. The van der Waals surface area contributed by atoms with Crippen molar-refractivity contribution in [1.29, 1.82) is 0 Å². The fraction of sp³-hybridized carbons (Fsp3) is 0.125. The van der Waals surface area contributed by atoms with Gasteiger partial charge in [0.05, 0.1) is 0 Å². The molecule has 0 spiro atoms. The van der Waals surface area contributed by atoms with Crippen LogP contribution in [0.3, 0.4) is 0 Å². The van der Waals surface area contributed by atoms with Crippen LogP contribution in [-0.2, 0) is 0 Å². The lowest BCUT2D eigenvalue weighted by Gasteiger charge is -2.08. The predicted octanol–water partition coefficient (Wildman–Crippen LogP) is 2.87. The van der Waals surface area contributed by atoms with Gasteiger partial charge in [0.15, 0.2) is 0 Å². The van der Waals surface area contributed by atoms with Gasteiger partial charge in [-0.15, -0.1) is 0 Å². The van der Waals surface area contributed by atoms with Crippen LogP contribution in [0.25, 0.3) is 6.08 Å². The Labute approximate surface area is 119 Å². The molecular formula is C16H20N4. The predicted molar refractivity (Wildman–Crippen MR) is 88.4 cm³/mol. The van der Waals surface area contributed by atoms with E-state index in [0.29, 0.717) is 12.2 Å². The molecule has 2 rings (SSSR count). The van der Waals surface area contributed by atoms with Crippen molar-refractivity contribution in [2.75, 3.05) is 29.1 Å². The Morgan fingerprint density at radius 1 is 1.00 bits per heavy atom. The zero-order valence-corrected chi connectivity index (χ0v) is 11.6. The van der Waals surface area contributed by atoms with E-state index in [9.17, 15) is 0 Å². The van der Waals surface area contributed by atoms with Crippen LogP contribution < -0.4 is 22.5 Å². The van der Waals surface area contributed by atoms with Crippen LogP contribution in [-0.4, -0.2) is 6.54 Å². The van der Waals surface area contributed by atoms with Crippen molar-refractivity contribution < 1.29 is 0 Å². The highest BCUT2D eigenvalue weighted by molar-refractivity contribution is 5.69. The SMILES string of the molecule is Cc1ccc(N)cc1NCC=Cc1cc(N)ccc1N. The van der Waals surface area contributed by atoms with Gasteiger partial charge in [-0.1, -0.05) is 18.2 Å². The molecule has 2 aromatic rings. The van der Waals surface area contributed by atoms with E-state index in [-0.39, 0.29) is 0 Å². The largest absolute Gasteiger partial charge is 0.399 e. The van der Waals surface area contributed by atoms with Crippen molar-refractivity contribution in [1.82, 2.24) is 0 Å². The second-order valence-electron chi connectivity index (χ2n) is 4.75. The van der Waals surface area contributed by atoms with E-state index in [1.807, 2.05) is 49.4 Å². The molecule has 0 bridgehead atoms. The van der Waals surface area contributed by atoms with Gasteiger partial charge in [-0.2, -0.15) is 0 Å². The number of rotatable bonds is 4. The molecule has 0 aromatic heterocycles. The third-order valence-corrected chi connectivity index (χ3v) is 3.08. The normalized spacial score (nSPS) is 10.8. The van der Waals surface area contributed by atoms with Crippen LogP contribution in [0.1, 0.15) is 11.1 Å². The molecule has 0 atom stereocenters. The number of aryl methyl sites for hydroxylation is 1. The van der Waals surface area contributed by atoms with Gasteiger partial charge < -0.3 is 22.5 Å². The van der Waals surface area contributed by atoms with Crippen molar-refractivity contribution in [2.24, 2.45) is 0 Å². The molecule has 0 heterocycles. The lowest BCUT2D eigenvalue weighted by Crippen LogP contribution is -2.01. The van der Waals surface area contributed by atoms with E-state index >= 15 is 0 Å². The molecule has 0 amide bonds. The molecule has 7 N–H and O–H groups in total. The van der Waals surface area contributed by atoms with Crippen LogP contribution in [0.15, 0.2) is 42.5 Å². The van der Waals surface area contributed by atoms with Gasteiger partial charge >= 0.3 is 0 Å². The van der Waals surface area contributed by atoms with E-state index in [4.69, 9.17) is 17.2 Å². The lowest BCUT2D eigenvalue weighted by molar-refractivity contribution is 1.31. The third-order valence-electron chi connectivity index (χ3n) is 3.08. The Balaban J connectivity index is 2.00. The molecule has 4 heteroatoms. The average Bonchev–Trinajstić information content (AvgIpc) is 2.42. The van der Waals surface area contributed by atoms with Crippen molar-refractivity contribution >= 4 is 28.8 Å². The minimum absolute atomic E-state index is 0.693. The summed E-state index contributed by atoms with van der Waals surface area (Å²) < 4.78 is 0. The number of hydrogen-bond acceptors (Lipinski definition) is 4. The topological polar surface area (TPSA) is 90.1 Å². The molecule has 0 radical (unpaired) electrons.